The van der Waals surface area contributed by atoms with Gasteiger partial charge in [-0.15, -0.1) is 0 Å². The number of unbranched alkanes of at least 4 members (excludes halogenated alkanes) is 1. The van der Waals surface area contributed by atoms with Crippen molar-refractivity contribution in [2.24, 2.45) is 0 Å². The van der Waals surface area contributed by atoms with Gasteiger partial charge < -0.3 is 9.63 Å². The molecule has 0 bridgehead atoms. The summed E-state index contributed by atoms with van der Waals surface area (Å²) >= 11 is 0. The Labute approximate surface area is 130 Å². The third-order valence-corrected chi connectivity index (χ3v) is 4.12. The molecule has 5 nitrogen and oxygen atoms in total. The Morgan fingerprint density at radius 1 is 1.00 bits per heavy atom. The maximum absolute atomic E-state index is 11.6. The van der Waals surface area contributed by atoms with E-state index in [4.69, 9.17) is 13.8 Å². The van der Waals surface area contributed by atoms with Crippen molar-refractivity contribution in [2.75, 3.05) is 19.8 Å². The van der Waals surface area contributed by atoms with Gasteiger partial charge in [0.2, 0.25) is 0 Å². The van der Waals surface area contributed by atoms with Gasteiger partial charge in [-0.1, -0.05) is 49.7 Å². The molecule has 0 amide bonds. The maximum Gasteiger partial charge on any atom is 0.472 e. The minimum absolute atomic E-state index is 0.0108. The summed E-state index contributed by atoms with van der Waals surface area (Å²) < 4.78 is 26.9. The maximum atomic E-state index is 11.6. The fourth-order valence-electron chi connectivity index (χ4n) is 1.99. The zero-order chi connectivity index (χ0) is 15.8. The summed E-state index contributed by atoms with van der Waals surface area (Å²) in [5.41, 5.74) is 0. The van der Waals surface area contributed by atoms with Crippen molar-refractivity contribution in [3.63, 3.8) is 0 Å². The predicted molar refractivity (Wildman–Crippen MR) is 86.1 cm³/mol. The highest BCUT2D eigenvalue weighted by Crippen LogP contribution is 2.43. The third-order valence-electron chi connectivity index (χ3n) is 3.10. The Morgan fingerprint density at radius 3 is 2.55 bits per heavy atom. The van der Waals surface area contributed by atoms with Crippen LogP contribution >= 0.6 is 7.82 Å². The Balaban J connectivity index is 1.82. The summed E-state index contributed by atoms with van der Waals surface area (Å²) in [6, 6.07) is 13.6. The first-order valence-electron chi connectivity index (χ1n) is 7.35. The zero-order valence-electron chi connectivity index (χ0n) is 12.6. The average molecular weight is 324 g/mol. The lowest BCUT2D eigenvalue weighted by atomic mass is 10.1. The van der Waals surface area contributed by atoms with Crippen molar-refractivity contribution < 1.29 is 23.2 Å². The molecule has 22 heavy (non-hydrogen) atoms. The lowest BCUT2D eigenvalue weighted by Gasteiger charge is -2.13. The largest absolute Gasteiger partial charge is 0.491 e. The second kappa shape index (κ2) is 8.30. The molecule has 0 spiro atoms. The number of rotatable bonds is 9. The van der Waals surface area contributed by atoms with Crippen LogP contribution in [-0.2, 0) is 13.6 Å². The van der Waals surface area contributed by atoms with Crippen molar-refractivity contribution in [1.29, 1.82) is 0 Å². The van der Waals surface area contributed by atoms with Gasteiger partial charge in [0.25, 0.3) is 0 Å². The van der Waals surface area contributed by atoms with Gasteiger partial charge in [-0.25, -0.2) is 4.57 Å². The standard InChI is InChI=1S/C16H21O5P/c1-2-3-11-20-22(17,18)21-13-12-19-16-10-6-8-14-7-4-5-9-15(14)16/h4-10H,2-3,11-13H2,1H3,(H,17,18). The highest BCUT2D eigenvalue weighted by Gasteiger charge is 2.20. The summed E-state index contributed by atoms with van der Waals surface area (Å²) in [5, 5.41) is 2.08. The first kappa shape index (κ1) is 17.0. The fourth-order valence-corrected chi connectivity index (χ4v) is 2.73. The minimum atomic E-state index is -3.97. The van der Waals surface area contributed by atoms with Gasteiger partial charge >= 0.3 is 7.82 Å². The molecule has 0 aromatic heterocycles. The molecule has 1 unspecified atom stereocenters. The molecule has 0 aliphatic carbocycles. The third kappa shape index (κ3) is 5.11. The molecule has 2 aromatic carbocycles. The topological polar surface area (TPSA) is 65.0 Å². The van der Waals surface area contributed by atoms with E-state index in [1.165, 1.54) is 0 Å². The quantitative estimate of drug-likeness (QED) is 0.554. The van der Waals surface area contributed by atoms with Crippen molar-refractivity contribution >= 4 is 18.6 Å². The molecule has 1 N–H and O–H groups in total. The van der Waals surface area contributed by atoms with Crippen LogP contribution in [0.15, 0.2) is 42.5 Å². The van der Waals surface area contributed by atoms with Crippen LogP contribution in [0.3, 0.4) is 0 Å². The molecule has 1 atom stereocenters. The minimum Gasteiger partial charge on any atom is -0.491 e. The van der Waals surface area contributed by atoms with E-state index in [9.17, 15) is 9.46 Å². The van der Waals surface area contributed by atoms with Crippen LogP contribution in [0.4, 0.5) is 0 Å². The second-order valence-electron chi connectivity index (χ2n) is 4.81. The van der Waals surface area contributed by atoms with Crippen molar-refractivity contribution in [2.45, 2.75) is 19.8 Å². The van der Waals surface area contributed by atoms with Crippen molar-refractivity contribution in [3.8, 4) is 5.75 Å². The molecule has 0 saturated carbocycles. The molecule has 0 aliphatic rings. The fraction of sp³-hybridized carbons (Fsp3) is 0.375. The van der Waals surface area contributed by atoms with Gasteiger partial charge in [0.05, 0.1) is 13.2 Å². The van der Waals surface area contributed by atoms with Crippen LogP contribution in [0.5, 0.6) is 5.75 Å². The number of benzene rings is 2. The Hall–Kier alpha value is -1.39. The first-order valence-corrected chi connectivity index (χ1v) is 8.84. The van der Waals surface area contributed by atoms with Crippen LogP contribution in [0.1, 0.15) is 19.8 Å². The Morgan fingerprint density at radius 2 is 1.73 bits per heavy atom. The van der Waals surface area contributed by atoms with E-state index in [-0.39, 0.29) is 19.8 Å². The number of phosphoric acid groups is 1. The molecule has 0 heterocycles. The summed E-state index contributed by atoms with van der Waals surface area (Å²) in [6.45, 7) is 2.36. The summed E-state index contributed by atoms with van der Waals surface area (Å²) in [5.74, 6) is 0.723. The van der Waals surface area contributed by atoms with Crippen LogP contribution in [0.25, 0.3) is 10.8 Å². The van der Waals surface area contributed by atoms with Crippen LogP contribution in [0.2, 0.25) is 0 Å². The summed E-state index contributed by atoms with van der Waals surface area (Å²) in [4.78, 5) is 9.47. The lowest BCUT2D eigenvalue weighted by Crippen LogP contribution is -2.07. The summed E-state index contributed by atoms with van der Waals surface area (Å²) in [6.07, 6.45) is 1.62. The van der Waals surface area contributed by atoms with Crippen LogP contribution in [-0.4, -0.2) is 24.7 Å². The molecule has 2 rings (SSSR count). The first-order chi connectivity index (χ1) is 10.6. The van der Waals surface area contributed by atoms with Gasteiger partial charge in [-0.3, -0.25) is 9.05 Å². The van der Waals surface area contributed by atoms with E-state index in [2.05, 4.69) is 0 Å². The van der Waals surface area contributed by atoms with E-state index in [1.807, 2.05) is 49.4 Å². The predicted octanol–water partition coefficient (Wildman–Crippen LogP) is 4.15. The van der Waals surface area contributed by atoms with E-state index >= 15 is 0 Å². The van der Waals surface area contributed by atoms with Gasteiger partial charge in [0.1, 0.15) is 12.4 Å². The normalized spacial score (nSPS) is 13.9. The molecule has 2 aromatic rings. The molecular weight excluding hydrogens is 303 g/mol. The van der Waals surface area contributed by atoms with Crippen LogP contribution < -0.4 is 4.74 Å². The number of fused-ring (bicyclic) bond motifs is 1. The average Bonchev–Trinajstić information content (AvgIpc) is 2.52. The van der Waals surface area contributed by atoms with Gasteiger partial charge in [0, 0.05) is 5.39 Å². The van der Waals surface area contributed by atoms with Crippen molar-refractivity contribution in [1.82, 2.24) is 0 Å². The zero-order valence-corrected chi connectivity index (χ0v) is 13.5. The second-order valence-corrected chi connectivity index (χ2v) is 6.27. The summed E-state index contributed by atoms with van der Waals surface area (Å²) in [7, 11) is -3.97. The number of hydrogen-bond acceptors (Lipinski definition) is 4. The lowest BCUT2D eigenvalue weighted by molar-refractivity contribution is 0.128. The van der Waals surface area contributed by atoms with E-state index in [0.29, 0.717) is 0 Å². The Bertz CT molecular complexity index is 638. The van der Waals surface area contributed by atoms with Crippen molar-refractivity contribution in [3.05, 3.63) is 42.5 Å². The van der Waals surface area contributed by atoms with E-state index in [0.717, 1.165) is 29.4 Å². The van der Waals surface area contributed by atoms with E-state index in [1.54, 1.807) is 0 Å². The molecule has 0 saturated heterocycles. The Kier molecular flexibility index (Phi) is 6.40. The molecular formula is C16H21O5P. The molecule has 0 fully saturated rings. The molecule has 0 radical (unpaired) electrons. The van der Waals surface area contributed by atoms with E-state index < -0.39 is 7.82 Å². The number of ether oxygens (including phenoxy) is 1. The molecule has 6 heteroatoms. The van der Waals surface area contributed by atoms with Gasteiger partial charge in [0.15, 0.2) is 0 Å². The van der Waals surface area contributed by atoms with Gasteiger partial charge in [-0.2, -0.15) is 0 Å². The van der Waals surface area contributed by atoms with Crippen LogP contribution in [0, 0.1) is 0 Å². The van der Waals surface area contributed by atoms with Gasteiger partial charge in [-0.05, 0) is 17.9 Å². The highest BCUT2D eigenvalue weighted by molar-refractivity contribution is 7.47. The highest BCUT2D eigenvalue weighted by atomic mass is 31.2. The molecule has 120 valence electrons. The molecule has 0 aliphatic heterocycles. The SMILES string of the molecule is CCCCOP(=O)(O)OCCOc1cccc2ccccc12. The number of phosphoric ester groups is 1. The number of hydrogen-bond donors (Lipinski definition) is 1. The smallest absolute Gasteiger partial charge is 0.472 e. The monoisotopic (exact) mass is 324 g/mol.